The summed E-state index contributed by atoms with van der Waals surface area (Å²) in [6, 6.07) is 0. The van der Waals surface area contributed by atoms with Gasteiger partial charge in [0, 0.05) is 25.9 Å². The molecule has 0 radical (unpaired) electrons. The van der Waals surface area contributed by atoms with E-state index < -0.39 is 0 Å². The lowest BCUT2D eigenvalue weighted by atomic mass is 9.87. The van der Waals surface area contributed by atoms with E-state index in [9.17, 15) is 4.79 Å². The summed E-state index contributed by atoms with van der Waals surface area (Å²) in [5.74, 6) is 1.54. The van der Waals surface area contributed by atoms with E-state index in [1.165, 1.54) is 0 Å². The maximum Gasteiger partial charge on any atom is 0.157 e. The number of rotatable bonds is 1. The Kier molecular flexibility index (Phi) is 2.39. The first-order valence-electron chi connectivity index (χ1n) is 4.89. The zero-order valence-electron chi connectivity index (χ0n) is 8.16. The van der Waals surface area contributed by atoms with Crippen molar-refractivity contribution in [3.63, 3.8) is 0 Å². The number of fused-ring (bicyclic) bond motifs is 1. The van der Waals surface area contributed by atoms with Crippen molar-refractivity contribution in [1.29, 1.82) is 0 Å². The fourth-order valence-electron chi connectivity index (χ4n) is 2.48. The third-order valence-corrected chi connectivity index (χ3v) is 3.45. The molecule has 0 amide bonds. The summed E-state index contributed by atoms with van der Waals surface area (Å²) in [5.41, 5.74) is 0. The Morgan fingerprint density at radius 3 is 3.00 bits per heavy atom. The van der Waals surface area contributed by atoms with Gasteiger partial charge in [-0.1, -0.05) is 6.92 Å². The summed E-state index contributed by atoms with van der Waals surface area (Å²) >= 11 is 0. The zero-order valence-corrected chi connectivity index (χ0v) is 8.16. The molecule has 1 aliphatic heterocycles. The van der Waals surface area contributed by atoms with E-state index in [0.29, 0.717) is 24.2 Å². The lowest BCUT2D eigenvalue weighted by Crippen LogP contribution is -2.33. The molecule has 0 aromatic carbocycles. The second-order valence-electron chi connectivity index (χ2n) is 4.12. The lowest BCUT2D eigenvalue weighted by molar-refractivity contribution is -0.175. The van der Waals surface area contributed by atoms with Crippen LogP contribution in [0, 0.1) is 17.8 Å². The molecule has 0 bridgehead atoms. The van der Waals surface area contributed by atoms with Gasteiger partial charge in [-0.2, -0.15) is 0 Å². The number of ketones is 1. The van der Waals surface area contributed by atoms with E-state index in [-0.39, 0.29) is 12.2 Å². The van der Waals surface area contributed by atoms with Crippen LogP contribution in [0.25, 0.3) is 0 Å². The van der Waals surface area contributed by atoms with Gasteiger partial charge in [-0.25, -0.2) is 0 Å². The van der Waals surface area contributed by atoms with Gasteiger partial charge in [0.15, 0.2) is 6.29 Å². The van der Waals surface area contributed by atoms with Gasteiger partial charge in [0.2, 0.25) is 0 Å². The molecule has 3 nitrogen and oxygen atoms in total. The average Bonchev–Trinajstić information content (AvgIpc) is 2.42. The van der Waals surface area contributed by atoms with Crippen molar-refractivity contribution < 1.29 is 14.3 Å². The molecule has 2 aliphatic rings. The normalized spacial score (nSPS) is 44.9. The van der Waals surface area contributed by atoms with E-state index in [0.717, 1.165) is 12.8 Å². The van der Waals surface area contributed by atoms with Crippen molar-refractivity contribution in [2.24, 2.45) is 17.8 Å². The van der Waals surface area contributed by atoms with Crippen LogP contribution in [-0.2, 0) is 14.3 Å². The van der Waals surface area contributed by atoms with Gasteiger partial charge in [0.1, 0.15) is 5.78 Å². The van der Waals surface area contributed by atoms with Crippen LogP contribution in [0.15, 0.2) is 0 Å². The summed E-state index contributed by atoms with van der Waals surface area (Å²) in [4.78, 5) is 11.4. The first-order chi connectivity index (χ1) is 6.22. The molecule has 1 saturated heterocycles. The first kappa shape index (κ1) is 9.16. The van der Waals surface area contributed by atoms with Gasteiger partial charge in [-0.3, -0.25) is 4.79 Å². The minimum absolute atomic E-state index is 0.0839. The SMILES string of the molecule is CO[C@@H]1C[C@@H]2CC(=O)[C@@H](C)[C@@H]2CO1. The number of hydrogen-bond acceptors (Lipinski definition) is 3. The van der Waals surface area contributed by atoms with Gasteiger partial charge in [-0.15, -0.1) is 0 Å². The molecule has 0 unspecified atom stereocenters. The van der Waals surface area contributed by atoms with Crippen LogP contribution in [0.1, 0.15) is 19.8 Å². The molecule has 2 fully saturated rings. The summed E-state index contributed by atoms with van der Waals surface area (Å²) in [6.07, 6.45) is 1.53. The van der Waals surface area contributed by atoms with Crippen LogP contribution in [0.5, 0.6) is 0 Å². The van der Waals surface area contributed by atoms with Crippen LogP contribution in [0.4, 0.5) is 0 Å². The van der Waals surface area contributed by atoms with E-state index in [4.69, 9.17) is 9.47 Å². The first-order valence-corrected chi connectivity index (χ1v) is 4.89. The Bertz CT molecular complexity index is 214. The Labute approximate surface area is 78.4 Å². The highest BCUT2D eigenvalue weighted by atomic mass is 16.7. The fourth-order valence-corrected chi connectivity index (χ4v) is 2.48. The molecular formula is C10H16O3. The fraction of sp³-hybridized carbons (Fsp3) is 0.900. The summed E-state index contributed by atoms with van der Waals surface area (Å²) in [7, 11) is 1.66. The van der Waals surface area contributed by atoms with Crippen LogP contribution in [0.2, 0.25) is 0 Å². The Morgan fingerprint density at radius 2 is 2.31 bits per heavy atom. The highest BCUT2D eigenvalue weighted by molar-refractivity contribution is 5.83. The number of carbonyl (C=O) groups is 1. The molecule has 0 spiro atoms. The lowest BCUT2D eigenvalue weighted by Gasteiger charge is -2.32. The van der Waals surface area contributed by atoms with Crippen molar-refractivity contribution in [3.8, 4) is 0 Å². The van der Waals surface area contributed by atoms with Crippen molar-refractivity contribution in [2.75, 3.05) is 13.7 Å². The number of ether oxygens (including phenoxy) is 2. The smallest absolute Gasteiger partial charge is 0.157 e. The Balaban J connectivity index is 2.03. The molecule has 0 aromatic rings. The molecule has 0 N–H and O–H groups in total. The number of carbonyl (C=O) groups excluding carboxylic acids is 1. The minimum Gasteiger partial charge on any atom is -0.356 e. The Hall–Kier alpha value is -0.410. The second kappa shape index (κ2) is 3.39. The van der Waals surface area contributed by atoms with Gasteiger partial charge in [-0.05, 0) is 11.8 Å². The molecule has 1 heterocycles. The minimum atomic E-state index is -0.0839. The van der Waals surface area contributed by atoms with Crippen LogP contribution in [-0.4, -0.2) is 25.8 Å². The van der Waals surface area contributed by atoms with Gasteiger partial charge in [0.25, 0.3) is 0 Å². The third kappa shape index (κ3) is 1.51. The molecule has 1 saturated carbocycles. The topological polar surface area (TPSA) is 35.5 Å². The van der Waals surface area contributed by atoms with E-state index in [1.54, 1.807) is 7.11 Å². The standard InChI is InChI=1S/C10H16O3/c1-6-8-5-13-10(12-2)4-7(8)3-9(6)11/h6-8,10H,3-5H2,1-2H3/t6-,7-,8-,10-/m0/s1. The maximum absolute atomic E-state index is 11.4. The molecule has 3 heteroatoms. The second-order valence-corrected chi connectivity index (χ2v) is 4.12. The monoisotopic (exact) mass is 184 g/mol. The van der Waals surface area contributed by atoms with E-state index in [2.05, 4.69) is 0 Å². The van der Waals surface area contributed by atoms with Gasteiger partial charge in [0.05, 0.1) is 6.61 Å². The van der Waals surface area contributed by atoms with Crippen LogP contribution < -0.4 is 0 Å². The highest BCUT2D eigenvalue weighted by Crippen LogP contribution is 2.40. The molecule has 1 aliphatic carbocycles. The van der Waals surface area contributed by atoms with Crippen molar-refractivity contribution in [3.05, 3.63) is 0 Å². The van der Waals surface area contributed by atoms with Crippen molar-refractivity contribution in [1.82, 2.24) is 0 Å². The third-order valence-electron chi connectivity index (χ3n) is 3.45. The van der Waals surface area contributed by atoms with Crippen molar-refractivity contribution >= 4 is 5.78 Å². The average molecular weight is 184 g/mol. The molecule has 0 aromatic heterocycles. The molecular weight excluding hydrogens is 168 g/mol. The predicted octanol–water partition coefficient (Wildman–Crippen LogP) is 1.22. The molecule has 74 valence electrons. The predicted molar refractivity (Wildman–Crippen MR) is 47.1 cm³/mol. The summed E-state index contributed by atoms with van der Waals surface area (Å²) < 4.78 is 10.6. The number of hydrogen-bond donors (Lipinski definition) is 0. The number of methoxy groups -OCH3 is 1. The summed E-state index contributed by atoms with van der Waals surface area (Å²) in [6.45, 7) is 2.71. The number of Topliss-reactive ketones (excluding diaryl/α,β-unsaturated/α-hetero) is 1. The Morgan fingerprint density at radius 1 is 1.54 bits per heavy atom. The van der Waals surface area contributed by atoms with E-state index >= 15 is 0 Å². The largest absolute Gasteiger partial charge is 0.356 e. The van der Waals surface area contributed by atoms with E-state index in [1.807, 2.05) is 6.92 Å². The van der Waals surface area contributed by atoms with Crippen LogP contribution >= 0.6 is 0 Å². The van der Waals surface area contributed by atoms with Crippen LogP contribution in [0.3, 0.4) is 0 Å². The quantitative estimate of drug-likeness (QED) is 0.614. The zero-order chi connectivity index (χ0) is 9.42. The van der Waals surface area contributed by atoms with Gasteiger partial charge >= 0.3 is 0 Å². The molecule has 4 atom stereocenters. The van der Waals surface area contributed by atoms with Crippen molar-refractivity contribution in [2.45, 2.75) is 26.1 Å². The molecule has 2 rings (SSSR count). The summed E-state index contributed by atoms with van der Waals surface area (Å²) in [5, 5.41) is 0. The van der Waals surface area contributed by atoms with Gasteiger partial charge < -0.3 is 9.47 Å². The molecule has 13 heavy (non-hydrogen) atoms. The highest BCUT2D eigenvalue weighted by Gasteiger charge is 2.43. The maximum atomic E-state index is 11.4.